The van der Waals surface area contributed by atoms with Crippen LogP contribution in [0.3, 0.4) is 0 Å². The van der Waals surface area contributed by atoms with Crippen LogP contribution in [0.2, 0.25) is 0 Å². The third kappa shape index (κ3) is 2.70. The highest BCUT2D eigenvalue weighted by atomic mass is 16.8. The second-order valence-electron chi connectivity index (χ2n) is 10.4. The monoisotopic (exact) mass is 428 g/mol. The maximum absolute atomic E-state index is 12.7. The fourth-order valence-corrected chi connectivity index (χ4v) is 7.32. The lowest BCUT2D eigenvalue weighted by molar-refractivity contribution is -0.238. The Morgan fingerprint density at radius 3 is 2.47 bits per heavy atom. The third-order valence-electron chi connectivity index (χ3n) is 9.04. The number of methoxy groups -OCH3 is 2. The molecule has 0 unspecified atom stereocenters. The second kappa shape index (κ2) is 7.12. The van der Waals surface area contributed by atoms with Gasteiger partial charge in [0, 0.05) is 25.6 Å². The van der Waals surface area contributed by atoms with Gasteiger partial charge in [-0.15, -0.1) is 0 Å². The molecule has 4 aliphatic rings. The fraction of sp³-hybridized carbons (Fsp3) is 0.955. The summed E-state index contributed by atoms with van der Waals surface area (Å²) >= 11 is 0. The number of esters is 1. The van der Waals surface area contributed by atoms with Crippen molar-refractivity contribution in [3.05, 3.63) is 0 Å². The topological polar surface area (TPSA) is 115 Å². The van der Waals surface area contributed by atoms with Crippen LogP contribution in [0.1, 0.15) is 59.3 Å². The van der Waals surface area contributed by atoms with Crippen molar-refractivity contribution in [2.75, 3.05) is 14.2 Å². The van der Waals surface area contributed by atoms with Crippen molar-refractivity contribution >= 4 is 5.97 Å². The summed E-state index contributed by atoms with van der Waals surface area (Å²) in [4.78, 5) is 12.7. The molecule has 8 heteroatoms. The Hall–Kier alpha value is -0.770. The molecule has 10 atom stereocenters. The van der Waals surface area contributed by atoms with Crippen LogP contribution in [0, 0.1) is 22.7 Å². The van der Waals surface area contributed by atoms with Crippen molar-refractivity contribution in [1.29, 1.82) is 0 Å². The lowest BCUT2D eigenvalue weighted by Gasteiger charge is -2.61. The Kier molecular flexibility index (Phi) is 5.32. The number of hydrogen-bond acceptors (Lipinski definition) is 8. The lowest BCUT2D eigenvalue weighted by Crippen LogP contribution is -2.65. The summed E-state index contributed by atoms with van der Waals surface area (Å²) in [6.45, 7) is 6.02. The van der Waals surface area contributed by atoms with Crippen LogP contribution in [0.5, 0.6) is 0 Å². The van der Waals surface area contributed by atoms with E-state index in [2.05, 4.69) is 6.92 Å². The van der Waals surface area contributed by atoms with Gasteiger partial charge in [-0.3, -0.25) is 4.79 Å². The first kappa shape index (κ1) is 22.4. The zero-order valence-corrected chi connectivity index (χ0v) is 18.6. The van der Waals surface area contributed by atoms with Crippen LogP contribution in [-0.4, -0.2) is 71.5 Å². The van der Waals surface area contributed by atoms with E-state index >= 15 is 0 Å². The van der Waals surface area contributed by atoms with Crippen LogP contribution in [0.15, 0.2) is 0 Å². The van der Waals surface area contributed by atoms with Gasteiger partial charge in [0.25, 0.3) is 0 Å². The van der Waals surface area contributed by atoms with Crippen LogP contribution in [0.4, 0.5) is 0 Å². The number of rotatable bonds is 5. The largest absolute Gasteiger partial charge is 0.462 e. The molecule has 4 rings (SSSR count). The molecule has 0 aromatic rings. The van der Waals surface area contributed by atoms with Gasteiger partial charge in [0.05, 0.1) is 11.0 Å². The quantitative estimate of drug-likeness (QED) is 0.562. The molecule has 2 saturated heterocycles. The number of ether oxygens (including phenoxy) is 4. The fourth-order valence-electron chi connectivity index (χ4n) is 7.32. The molecule has 0 aromatic heterocycles. The molecule has 0 radical (unpaired) electrons. The Bertz CT molecular complexity index is 697. The maximum Gasteiger partial charge on any atom is 0.312 e. The smallest absolute Gasteiger partial charge is 0.312 e. The summed E-state index contributed by atoms with van der Waals surface area (Å²) < 4.78 is 21.7. The standard InChI is InChI=1S/C22H36O8/c1-12-11-13-14-19(2,17(24)29-13)7-6-8-20(14,3)22(12,26)10-9-21(25)15(23)16(27-4)30-18(21)28-5/h12-16,18,23,25-26H,6-11H2,1-5H3/t12-,13-,14-,15+,16+,18-,19-,20-,21+,22+/m0/s1. The minimum absolute atomic E-state index is 0.0724. The van der Waals surface area contributed by atoms with Gasteiger partial charge in [0.15, 0.2) is 12.6 Å². The molecular formula is C22H36O8. The molecular weight excluding hydrogens is 392 g/mol. The Labute approximate surface area is 177 Å². The highest BCUT2D eigenvalue weighted by Gasteiger charge is 2.71. The van der Waals surface area contributed by atoms with Gasteiger partial charge in [-0.1, -0.05) is 20.3 Å². The zero-order valence-electron chi connectivity index (χ0n) is 18.6. The molecule has 4 fully saturated rings. The van der Waals surface area contributed by atoms with E-state index in [9.17, 15) is 20.1 Å². The highest BCUT2D eigenvalue weighted by molar-refractivity contribution is 5.80. The SMILES string of the molecule is CO[C@@H]1O[C@H](OC)[C@@](O)(CC[C@@]2(O)[C@@H](C)C[C@@H]3OC(=O)[C@@]4(C)CCC[C@@]2(C)[C@@H]34)[C@@H]1O. The molecule has 0 bridgehead atoms. The van der Waals surface area contributed by atoms with Crippen LogP contribution >= 0.6 is 0 Å². The number of aliphatic hydroxyl groups is 3. The molecule has 0 spiro atoms. The van der Waals surface area contributed by atoms with Gasteiger partial charge < -0.3 is 34.3 Å². The molecule has 2 heterocycles. The Morgan fingerprint density at radius 2 is 1.83 bits per heavy atom. The van der Waals surface area contributed by atoms with E-state index in [0.717, 1.165) is 19.3 Å². The molecule has 0 amide bonds. The van der Waals surface area contributed by atoms with Crippen molar-refractivity contribution in [2.45, 2.75) is 95.3 Å². The summed E-state index contributed by atoms with van der Waals surface area (Å²) in [5.41, 5.74) is -3.98. The summed E-state index contributed by atoms with van der Waals surface area (Å²) in [7, 11) is 2.79. The molecule has 8 nitrogen and oxygen atoms in total. The van der Waals surface area contributed by atoms with E-state index in [1.807, 2.05) is 13.8 Å². The molecule has 2 aliphatic heterocycles. The number of hydrogen-bond donors (Lipinski definition) is 3. The average molecular weight is 429 g/mol. The molecule has 30 heavy (non-hydrogen) atoms. The molecule has 2 aliphatic carbocycles. The Balaban J connectivity index is 1.64. The van der Waals surface area contributed by atoms with E-state index in [1.54, 1.807) is 0 Å². The van der Waals surface area contributed by atoms with Gasteiger partial charge in [-0.2, -0.15) is 0 Å². The molecule has 2 saturated carbocycles. The van der Waals surface area contributed by atoms with Crippen molar-refractivity contribution < 1.29 is 39.1 Å². The van der Waals surface area contributed by atoms with Crippen molar-refractivity contribution in [3.8, 4) is 0 Å². The molecule has 172 valence electrons. The van der Waals surface area contributed by atoms with Gasteiger partial charge in [-0.25, -0.2) is 0 Å². The average Bonchev–Trinajstić information content (AvgIpc) is 3.10. The van der Waals surface area contributed by atoms with Gasteiger partial charge >= 0.3 is 5.97 Å². The number of carbonyl (C=O) groups is 1. The first-order chi connectivity index (χ1) is 14.0. The summed E-state index contributed by atoms with van der Waals surface area (Å²) in [6.07, 6.45) is -0.257. The van der Waals surface area contributed by atoms with E-state index < -0.39 is 40.7 Å². The lowest BCUT2D eigenvalue weighted by atomic mass is 9.44. The summed E-state index contributed by atoms with van der Waals surface area (Å²) in [5.74, 6) is -0.364. The van der Waals surface area contributed by atoms with Crippen molar-refractivity contribution in [3.63, 3.8) is 0 Å². The summed E-state index contributed by atoms with van der Waals surface area (Å²) in [6, 6.07) is 0. The van der Waals surface area contributed by atoms with E-state index in [4.69, 9.17) is 18.9 Å². The van der Waals surface area contributed by atoms with Crippen LogP contribution in [0.25, 0.3) is 0 Å². The predicted octanol–water partition coefficient (Wildman–Crippen LogP) is 1.34. The third-order valence-corrected chi connectivity index (χ3v) is 9.04. The minimum atomic E-state index is -1.71. The van der Waals surface area contributed by atoms with E-state index in [-0.39, 0.29) is 36.8 Å². The molecule has 0 aromatic carbocycles. The maximum atomic E-state index is 12.7. The van der Waals surface area contributed by atoms with E-state index in [0.29, 0.717) is 6.42 Å². The minimum Gasteiger partial charge on any atom is -0.462 e. The highest BCUT2D eigenvalue weighted by Crippen LogP contribution is 2.67. The van der Waals surface area contributed by atoms with Crippen LogP contribution in [-0.2, 0) is 23.7 Å². The number of carbonyl (C=O) groups excluding carboxylic acids is 1. The van der Waals surface area contributed by atoms with Gasteiger partial charge in [0.2, 0.25) is 0 Å². The first-order valence-corrected chi connectivity index (χ1v) is 11.0. The van der Waals surface area contributed by atoms with Crippen LogP contribution < -0.4 is 0 Å². The second-order valence-corrected chi connectivity index (χ2v) is 10.4. The number of aliphatic hydroxyl groups excluding tert-OH is 1. The van der Waals surface area contributed by atoms with Gasteiger partial charge in [-0.05, 0) is 44.9 Å². The first-order valence-electron chi connectivity index (χ1n) is 11.0. The Morgan fingerprint density at radius 1 is 1.13 bits per heavy atom. The van der Waals surface area contributed by atoms with E-state index in [1.165, 1.54) is 14.2 Å². The molecule has 3 N–H and O–H groups in total. The van der Waals surface area contributed by atoms with Crippen molar-refractivity contribution in [2.24, 2.45) is 22.7 Å². The van der Waals surface area contributed by atoms with Gasteiger partial charge in [0.1, 0.15) is 17.8 Å². The van der Waals surface area contributed by atoms with Crippen molar-refractivity contribution in [1.82, 2.24) is 0 Å². The predicted molar refractivity (Wildman–Crippen MR) is 105 cm³/mol. The normalized spacial score (nSPS) is 55.4. The zero-order chi connectivity index (χ0) is 22.1. The summed E-state index contributed by atoms with van der Waals surface area (Å²) in [5, 5.41) is 34.0.